The fourth-order valence-electron chi connectivity index (χ4n) is 3.85. The lowest BCUT2D eigenvalue weighted by molar-refractivity contribution is 0.0569. The van der Waals surface area contributed by atoms with Gasteiger partial charge in [-0.05, 0) is 30.6 Å². The number of rotatable bonds is 2. The van der Waals surface area contributed by atoms with Gasteiger partial charge in [-0.1, -0.05) is 33.1 Å². The molecule has 1 saturated carbocycles. The van der Waals surface area contributed by atoms with Crippen LogP contribution in [0.15, 0.2) is 4.99 Å². The molecule has 1 spiro atoms. The second kappa shape index (κ2) is 4.88. The highest BCUT2D eigenvalue weighted by molar-refractivity contribution is 6.06. The minimum Gasteiger partial charge on any atom is -0.385 e. The molecule has 19 heavy (non-hydrogen) atoms. The molecule has 1 fully saturated rings. The Labute approximate surface area is 115 Å². The molecule has 0 aromatic rings. The van der Waals surface area contributed by atoms with Gasteiger partial charge in [-0.3, -0.25) is 4.90 Å². The van der Waals surface area contributed by atoms with E-state index in [1.165, 1.54) is 6.42 Å². The number of aliphatic imine (C=N–C) groups is 1. The predicted molar refractivity (Wildman–Crippen MR) is 76.6 cm³/mol. The maximum atomic E-state index is 12.1. The van der Waals surface area contributed by atoms with Crippen molar-refractivity contribution in [2.24, 2.45) is 28.5 Å². The maximum absolute atomic E-state index is 12.1. The van der Waals surface area contributed by atoms with Crippen LogP contribution in [0.4, 0.5) is 4.79 Å². The Morgan fingerprint density at radius 1 is 1.58 bits per heavy atom. The van der Waals surface area contributed by atoms with E-state index in [1.807, 2.05) is 0 Å². The van der Waals surface area contributed by atoms with E-state index in [4.69, 9.17) is 12.2 Å². The molecule has 4 heteroatoms. The molecule has 0 bridgehead atoms. The fraction of sp³-hybridized carbons (Fsp3) is 0.733. The zero-order chi connectivity index (χ0) is 14.2. The summed E-state index contributed by atoms with van der Waals surface area (Å²) in [4.78, 5) is 17.8. The van der Waals surface area contributed by atoms with Gasteiger partial charge in [-0.25, -0.2) is 4.79 Å². The van der Waals surface area contributed by atoms with Crippen LogP contribution >= 0.6 is 0 Å². The summed E-state index contributed by atoms with van der Waals surface area (Å²) < 4.78 is 0. The van der Waals surface area contributed by atoms with Gasteiger partial charge in [0.25, 0.3) is 0 Å². The summed E-state index contributed by atoms with van der Waals surface area (Å²) in [5.41, 5.74) is 5.72. The molecule has 0 aromatic carbocycles. The number of nitrogens with two attached hydrogens (primary N) is 1. The van der Waals surface area contributed by atoms with E-state index in [0.29, 0.717) is 30.1 Å². The minimum absolute atomic E-state index is 0.268. The minimum atomic E-state index is -0.449. The van der Waals surface area contributed by atoms with E-state index in [0.717, 1.165) is 12.8 Å². The number of nitrogens with zero attached hydrogens (tertiary/aromatic N) is 2. The van der Waals surface area contributed by atoms with Gasteiger partial charge in [-0.15, -0.1) is 6.42 Å². The maximum Gasteiger partial charge on any atom is 0.346 e. The molecule has 2 rings (SSSR count). The highest BCUT2D eigenvalue weighted by atomic mass is 16.2. The van der Waals surface area contributed by atoms with Crippen molar-refractivity contribution in [1.82, 2.24) is 4.90 Å². The number of amidine groups is 1. The van der Waals surface area contributed by atoms with Crippen LogP contribution in [-0.4, -0.2) is 28.9 Å². The van der Waals surface area contributed by atoms with Gasteiger partial charge in [0, 0.05) is 0 Å². The Morgan fingerprint density at radius 3 is 2.84 bits per heavy atom. The third kappa shape index (κ3) is 2.01. The third-order valence-corrected chi connectivity index (χ3v) is 4.67. The van der Waals surface area contributed by atoms with Crippen molar-refractivity contribution in [1.29, 1.82) is 0 Å². The molecule has 2 N–H and O–H groups in total. The molecule has 3 atom stereocenters. The largest absolute Gasteiger partial charge is 0.385 e. The Kier molecular flexibility index (Phi) is 3.58. The van der Waals surface area contributed by atoms with E-state index in [-0.39, 0.29) is 6.03 Å². The first-order chi connectivity index (χ1) is 8.93. The Hall–Kier alpha value is -1.50. The molecule has 4 nitrogen and oxygen atoms in total. The van der Waals surface area contributed by atoms with E-state index in [1.54, 1.807) is 4.90 Å². The highest BCUT2D eigenvalue weighted by Crippen LogP contribution is 2.47. The molecular weight excluding hydrogens is 238 g/mol. The summed E-state index contributed by atoms with van der Waals surface area (Å²) in [6.07, 6.45) is 8.55. The molecule has 2 amide bonds. The summed E-state index contributed by atoms with van der Waals surface area (Å²) in [5, 5.41) is 0. The molecule has 1 heterocycles. The molecule has 0 saturated heterocycles. The third-order valence-electron chi connectivity index (χ3n) is 4.67. The summed E-state index contributed by atoms with van der Waals surface area (Å²) >= 11 is 0. The van der Waals surface area contributed by atoms with Gasteiger partial charge in [0.15, 0.2) is 0 Å². The molecule has 0 radical (unpaired) electrons. The molecular formula is C15H23N3O. The predicted octanol–water partition coefficient (Wildman–Crippen LogP) is 2.24. The number of carbonyl (C=O) groups excluding carboxylic acids is 1. The highest BCUT2D eigenvalue weighted by Gasteiger charge is 2.56. The first-order valence-corrected chi connectivity index (χ1v) is 7.03. The van der Waals surface area contributed by atoms with Crippen LogP contribution in [0.1, 0.15) is 40.0 Å². The Bertz CT molecular complexity index is 449. The lowest BCUT2D eigenvalue weighted by Crippen LogP contribution is -2.62. The van der Waals surface area contributed by atoms with Gasteiger partial charge in [0.05, 0.1) is 6.54 Å². The summed E-state index contributed by atoms with van der Waals surface area (Å²) in [6, 6.07) is -0.268. The number of hydrogen-bond acceptors (Lipinski definition) is 2. The van der Waals surface area contributed by atoms with Gasteiger partial charge >= 0.3 is 6.03 Å². The van der Waals surface area contributed by atoms with Crippen molar-refractivity contribution in [2.75, 3.05) is 6.54 Å². The number of hydrogen-bond donors (Lipinski definition) is 1. The quantitative estimate of drug-likeness (QED) is 0.775. The summed E-state index contributed by atoms with van der Waals surface area (Å²) in [5.74, 6) is 4.38. The van der Waals surface area contributed by atoms with Gasteiger partial charge in [0.1, 0.15) is 11.4 Å². The first kappa shape index (κ1) is 13.9. The molecule has 1 aliphatic heterocycles. The zero-order valence-corrected chi connectivity index (χ0v) is 12.0. The summed E-state index contributed by atoms with van der Waals surface area (Å²) in [7, 11) is 0. The Morgan fingerprint density at radius 2 is 2.26 bits per heavy atom. The molecule has 0 aromatic heterocycles. The van der Waals surface area contributed by atoms with E-state index in [9.17, 15) is 4.79 Å². The van der Waals surface area contributed by atoms with Crippen LogP contribution in [0, 0.1) is 30.1 Å². The van der Waals surface area contributed by atoms with Crippen LogP contribution in [-0.2, 0) is 0 Å². The van der Waals surface area contributed by atoms with Crippen molar-refractivity contribution >= 4 is 11.9 Å². The van der Waals surface area contributed by atoms with Crippen molar-refractivity contribution in [3.8, 4) is 12.3 Å². The molecule has 2 aliphatic rings. The van der Waals surface area contributed by atoms with Crippen LogP contribution in [0.5, 0.6) is 0 Å². The average Bonchev–Trinajstić information content (AvgIpc) is 2.54. The molecule has 104 valence electrons. The molecule has 1 aliphatic carbocycles. The fourth-order valence-corrected chi connectivity index (χ4v) is 3.85. The summed E-state index contributed by atoms with van der Waals surface area (Å²) in [6.45, 7) is 6.88. The average molecular weight is 261 g/mol. The van der Waals surface area contributed by atoms with Gasteiger partial charge in [-0.2, -0.15) is 4.99 Å². The topological polar surface area (TPSA) is 58.7 Å². The van der Waals surface area contributed by atoms with Crippen molar-refractivity contribution in [3.63, 3.8) is 0 Å². The van der Waals surface area contributed by atoms with Crippen molar-refractivity contribution in [3.05, 3.63) is 0 Å². The number of amides is 2. The number of urea groups is 1. The zero-order valence-electron chi connectivity index (χ0n) is 12.0. The van der Waals surface area contributed by atoms with Crippen LogP contribution < -0.4 is 5.73 Å². The molecule has 3 unspecified atom stereocenters. The lowest BCUT2D eigenvalue weighted by atomic mass is 9.64. The lowest BCUT2D eigenvalue weighted by Gasteiger charge is -2.49. The van der Waals surface area contributed by atoms with Crippen molar-refractivity contribution in [2.45, 2.75) is 45.6 Å². The second-order valence-corrected chi connectivity index (χ2v) is 6.23. The number of carbonyl (C=O) groups is 1. The Balaban J connectivity index is 2.47. The standard InChI is InChI=1S/C15H23N3O/c1-5-8-18-14(19)17-13(16)15(18)9-11(4)6-7-12(15)10(2)3/h1,10-12H,6-9H2,2-4H3,(H2,16,17,19). The second-order valence-electron chi connectivity index (χ2n) is 6.23. The van der Waals surface area contributed by atoms with Gasteiger partial charge in [0.2, 0.25) is 0 Å². The first-order valence-electron chi connectivity index (χ1n) is 7.03. The van der Waals surface area contributed by atoms with E-state index in [2.05, 4.69) is 31.7 Å². The van der Waals surface area contributed by atoms with Crippen LogP contribution in [0.3, 0.4) is 0 Å². The van der Waals surface area contributed by atoms with Crippen LogP contribution in [0.2, 0.25) is 0 Å². The SMILES string of the molecule is C#CCN1C(=O)N=C(N)C12CC(C)CCC2C(C)C. The smallest absolute Gasteiger partial charge is 0.346 e. The monoisotopic (exact) mass is 261 g/mol. The number of terminal acetylenes is 1. The van der Waals surface area contributed by atoms with Crippen LogP contribution in [0.25, 0.3) is 0 Å². The van der Waals surface area contributed by atoms with Gasteiger partial charge < -0.3 is 5.73 Å². The van der Waals surface area contributed by atoms with E-state index < -0.39 is 5.54 Å². The van der Waals surface area contributed by atoms with Crippen molar-refractivity contribution < 1.29 is 4.79 Å². The normalized spacial score (nSPS) is 34.8. The van der Waals surface area contributed by atoms with E-state index >= 15 is 0 Å².